The molecule has 1 N–H and O–H groups in total. The maximum absolute atomic E-state index is 13.0. The number of hydrazine groups is 1. The van der Waals surface area contributed by atoms with Crippen molar-refractivity contribution in [3.05, 3.63) is 30.0 Å². The summed E-state index contributed by atoms with van der Waals surface area (Å²) in [6.45, 7) is 5.60. The molecule has 1 amide bonds. The van der Waals surface area contributed by atoms with Crippen LogP contribution in [0.15, 0.2) is 29.2 Å². The molecule has 1 aromatic carbocycles. The van der Waals surface area contributed by atoms with E-state index in [9.17, 15) is 13.2 Å². The fraction of sp³-hybridized carbons (Fsp3) is 0.412. The van der Waals surface area contributed by atoms with Crippen LogP contribution in [0.4, 0.5) is 5.13 Å². The number of nitrogens with zero attached hydrogens (tertiary/aromatic N) is 3. The highest BCUT2D eigenvalue weighted by molar-refractivity contribution is 7.89. The van der Waals surface area contributed by atoms with E-state index in [0.29, 0.717) is 18.1 Å². The summed E-state index contributed by atoms with van der Waals surface area (Å²) in [5.74, 6) is -0.192. The molecule has 26 heavy (non-hydrogen) atoms. The van der Waals surface area contributed by atoms with Gasteiger partial charge in [-0.15, -0.1) is 4.41 Å². The van der Waals surface area contributed by atoms with Crippen molar-refractivity contribution in [3.8, 4) is 10.4 Å². The molecule has 0 unspecified atom stereocenters. The predicted molar refractivity (Wildman–Crippen MR) is 104 cm³/mol. The van der Waals surface area contributed by atoms with Crippen LogP contribution in [-0.4, -0.2) is 49.4 Å². The Labute approximate surface area is 158 Å². The highest BCUT2D eigenvalue weighted by atomic mass is 32.2. The van der Waals surface area contributed by atoms with Gasteiger partial charge < -0.3 is 5.32 Å². The number of anilines is 1. The topological polar surface area (TPSA) is 82.6 Å². The van der Waals surface area contributed by atoms with Crippen molar-refractivity contribution in [1.82, 2.24) is 14.4 Å². The van der Waals surface area contributed by atoms with Crippen molar-refractivity contribution in [1.29, 1.82) is 0 Å². The predicted octanol–water partition coefficient (Wildman–Crippen LogP) is 2.95. The Bertz CT molecular complexity index is 891. The molecule has 0 saturated heterocycles. The van der Waals surface area contributed by atoms with Crippen molar-refractivity contribution in [2.24, 2.45) is 0 Å². The Morgan fingerprint density at radius 3 is 2.58 bits per heavy atom. The molecule has 1 aromatic heterocycles. The summed E-state index contributed by atoms with van der Waals surface area (Å²) in [6.07, 6.45) is 0.713. The third-order valence-electron chi connectivity index (χ3n) is 3.61. The molecule has 9 heteroatoms. The highest BCUT2D eigenvalue weighted by Gasteiger charge is 2.26. The minimum Gasteiger partial charge on any atom is -0.302 e. The minimum atomic E-state index is -3.64. The molecule has 0 fully saturated rings. The van der Waals surface area contributed by atoms with Gasteiger partial charge in [-0.2, -0.15) is 0 Å². The molecule has 7 nitrogen and oxygen atoms in total. The van der Waals surface area contributed by atoms with E-state index in [1.807, 2.05) is 19.9 Å². The number of thiazole rings is 1. The molecule has 0 bridgehead atoms. The second kappa shape index (κ2) is 8.26. The Morgan fingerprint density at radius 1 is 1.31 bits per heavy atom. The molecule has 2 rings (SSSR count). The largest absolute Gasteiger partial charge is 0.302 e. The number of carbonyl (C=O) groups excluding carboxylic acids is 1. The van der Waals surface area contributed by atoms with Gasteiger partial charge in [-0.05, 0) is 31.0 Å². The van der Waals surface area contributed by atoms with Gasteiger partial charge >= 0.3 is 0 Å². The molecule has 0 atom stereocenters. The van der Waals surface area contributed by atoms with Gasteiger partial charge in [0, 0.05) is 27.6 Å². The van der Waals surface area contributed by atoms with Gasteiger partial charge in [-0.3, -0.25) is 4.79 Å². The number of nitrogens with one attached hydrogen (secondary N) is 1. The average molecular weight is 397 g/mol. The zero-order valence-corrected chi connectivity index (χ0v) is 17.2. The number of sulfonamides is 1. The van der Waals surface area contributed by atoms with Gasteiger partial charge in [0.15, 0.2) is 5.13 Å². The summed E-state index contributed by atoms with van der Waals surface area (Å²) in [6, 6.07) is 6.81. The number of carbonyl (C=O) groups is 1. The van der Waals surface area contributed by atoms with Crippen LogP contribution in [0, 0.1) is 6.92 Å². The maximum atomic E-state index is 13.0. The zero-order chi connectivity index (χ0) is 19.5. The van der Waals surface area contributed by atoms with Crippen LogP contribution in [0.5, 0.6) is 0 Å². The van der Waals surface area contributed by atoms with Crippen molar-refractivity contribution in [3.63, 3.8) is 0 Å². The van der Waals surface area contributed by atoms with Crippen LogP contribution < -0.4 is 5.32 Å². The lowest BCUT2D eigenvalue weighted by Crippen LogP contribution is -2.42. The second-order valence-electron chi connectivity index (χ2n) is 6.04. The minimum absolute atomic E-state index is 0.192. The molecule has 1 heterocycles. The van der Waals surface area contributed by atoms with Crippen molar-refractivity contribution in [2.45, 2.75) is 32.1 Å². The molecular weight excluding hydrogens is 372 g/mol. The fourth-order valence-electron chi connectivity index (χ4n) is 2.51. The summed E-state index contributed by atoms with van der Waals surface area (Å²) in [4.78, 5) is 16.6. The van der Waals surface area contributed by atoms with Crippen LogP contribution in [0.1, 0.15) is 26.0 Å². The van der Waals surface area contributed by atoms with E-state index in [4.69, 9.17) is 0 Å². The number of rotatable bonds is 7. The van der Waals surface area contributed by atoms with Crippen LogP contribution in [-0.2, 0) is 14.8 Å². The van der Waals surface area contributed by atoms with E-state index in [-0.39, 0.29) is 10.8 Å². The van der Waals surface area contributed by atoms with E-state index in [2.05, 4.69) is 10.3 Å². The van der Waals surface area contributed by atoms with Gasteiger partial charge in [0.1, 0.15) is 0 Å². The summed E-state index contributed by atoms with van der Waals surface area (Å²) in [5, 5.41) is 4.75. The summed E-state index contributed by atoms with van der Waals surface area (Å²) < 4.78 is 27.4. The van der Waals surface area contributed by atoms with Gasteiger partial charge in [0.05, 0.1) is 15.5 Å². The molecule has 0 aliphatic carbocycles. The zero-order valence-electron chi connectivity index (χ0n) is 15.6. The number of benzene rings is 1. The van der Waals surface area contributed by atoms with Gasteiger partial charge in [-0.25, -0.2) is 18.4 Å². The highest BCUT2D eigenvalue weighted by Crippen LogP contribution is 2.34. The fourth-order valence-corrected chi connectivity index (χ4v) is 5.15. The van der Waals surface area contributed by atoms with Gasteiger partial charge in [0.25, 0.3) is 10.0 Å². The molecular formula is C17H24N4O3S2. The third kappa shape index (κ3) is 4.47. The first-order valence-corrected chi connectivity index (χ1v) is 10.5. The lowest BCUT2D eigenvalue weighted by molar-refractivity contribution is -0.114. The van der Waals surface area contributed by atoms with Crippen LogP contribution in [0.3, 0.4) is 0 Å². The van der Waals surface area contributed by atoms with E-state index < -0.39 is 10.0 Å². The van der Waals surface area contributed by atoms with Gasteiger partial charge in [0.2, 0.25) is 5.91 Å². The lowest BCUT2D eigenvalue weighted by atomic mass is 10.2. The first kappa shape index (κ1) is 20.5. The van der Waals surface area contributed by atoms with E-state index in [1.165, 1.54) is 22.7 Å². The Balaban J connectivity index is 2.45. The smallest absolute Gasteiger partial charge is 0.255 e. The van der Waals surface area contributed by atoms with Crippen LogP contribution in [0.2, 0.25) is 0 Å². The normalized spacial score (nSPS) is 12.0. The number of hydrogen-bond donors (Lipinski definition) is 1. The average Bonchev–Trinajstić information content (AvgIpc) is 2.91. The Kier molecular flexibility index (Phi) is 6.51. The van der Waals surface area contributed by atoms with Gasteiger partial charge in [-0.1, -0.05) is 30.4 Å². The molecule has 0 spiro atoms. The third-order valence-corrected chi connectivity index (χ3v) is 6.65. The first-order valence-electron chi connectivity index (χ1n) is 8.22. The quantitative estimate of drug-likeness (QED) is 0.728. The molecule has 2 aromatic rings. The lowest BCUT2D eigenvalue weighted by Gasteiger charge is -2.27. The molecule has 0 radical (unpaired) electrons. The number of aryl methyl sites for hydroxylation is 1. The first-order chi connectivity index (χ1) is 12.2. The van der Waals surface area contributed by atoms with Crippen molar-refractivity contribution in [2.75, 3.05) is 26.0 Å². The maximum Gasteiger partial charge on any atom is 0.255 e. The number of amides is 1. The standard InChI is InChI=1S/C17H24N4O3S2/c1-6-10-21(20(4)5)26(23,24)15-9-7-8-14(11-15)16-12(2)18-17(25-16)19-13(3)22/h7-9,11H,6,10H2,1-5H3,(H,18,19,22). The second-order valence-corrected chi connectivity index (χ2v) is 8.88. The summed E-state index contributed by atoms with van der Waals surface area (Å²) >= 11 is 1.32. The molecule has 0 aliphatic heterocycles. The number of hydrogen-bond acceptors (Lipinski definition) is 6. The van der Waals surface area contributed by atoms with Crippen molar-refractivity contribution >= 4 is 32.4 Å². The van der Waals surface area contributed by atoms with Crippen LogP contribution >= 0.6 is 11.3 Å². The Hall–Kier alpha value is -1.81. The molecule has 0 aliphatic rings. The van der Waals surface area contributed by atoms with E-state index >= 15 is 0 Å². The van der Waals surface area contributed by atoms with E-state index in [0.717, 1.165) is 16.1 Å². The van der Waals surface area contributed by atoms with Crippen molar-refractivity contribution < 1.29 is 13.2 Å². The number of aromatic nitrogens is 1. The summed E-state index contributed by atoms with van der Waals surface area (Å²) in [5.41, 5.74) is 1.50. The monoisotopic (exact) mass is 396 g/mol. The van der Waals surface area contributed by atoms with Crippen LogP contribution in [0.25, 0.3) is 10.4 Å². The molecule has 142 valence electrons. The SMILES string of the molecule is CCCN(N(C)C)S(=O)(=O)c1cccc(-c2sc(NC(C)=O)nc2C)c1. The van der Waals surface area contributed by atoms with E-state index in [1.54, 1.807) is 37.3 Å². The molecule has 0 saturated carbocycles. The Morgan fingerprint density at radius 2 is 2.00 bits per heavy atom. The summed E-state index contributed by atoms with van der Waals surface area (Å²) in [7, 11) is -0.219.